The van der Waals surface area contributed by atoms with Crippen molar-refractivity contribution in [2.45, 2.75) is 32.4 Å². The first-order valence-electron chi connectivity index (χ1n) is 10.7. The van der Waals surface area contributed by atoms with Crippen molar-refractivity contribution in [3.63, 3.8) is 0 Å². The molecule has 1 aliphatic carbocycles. The fourth-order valence-corrected chi connectivity index (χ4v) is 4.35. The van der Waals surface area contributed by atoms with Gasteiger partial charge in [-0.05, 0) is 60.2 Å². The fourth-order valence-electron chi connectivity index (χ4n) is 4.35. The molecule has 33 heavy (non-hydrogen) atoms. The van der Waals surface area contributed by atoms with Crippen LogP contribution >= 0.6 is 0 Å². The summed E-state index contributed by atoms with van der Waals surface area (Å²) in [5.74, 6) is -0.793. The molecule has 1 amide bonds. The van der Waals surface area contributed by atoms with Crippen LogP contribution < -0.4 is 16.6 Å². The van der Waals surface area contributed by atoms with Crippen LogP contribution in [0.25, 0.3) is 11.0 Å². The summed E-state index contributed by atoms with van der Waals surface area (Å²) in [6.07, 6.45) is 4.69. The van der Waals surface area contributed by atoms with Crippen molar-refractivity contribution >= 4 is 22.6 Å². The van der Waals surface area contributed by atoms with E-state index in [9.17, 15) is 18.8 Å². The van der Waals surface area contributed by atoms with Crippen molar-refractivity contribution < 1.29 is 9.18 Å². The van der Waals surface area contributed by atoms with Crippen molar-refractivity contribution in [1.82, 2.24) is 18.9 Å². The van der Waals surface area contributed by atoms with Crippen LogP contribution in [0, 0.1) is 5.82 Å². The molecule has 0 bridgehead atoms. The Hall–Kier alpha value is -4.01. The Kier molecular flexibility index (Phi) is 5.16. The van der Waals surface area contributed by atoms with Crippen LogP contribution in [-0.2, 0) is 37.8 Å². The smallest absolute Gasteiger partial charge is 0.325 e. The number of carbonyl (C=O) groups excluding carboxylic acids is 1. The van der Waals surface area contributed by atoms with E-state index in [1.807, 2.05) is 18.2 Å². The van der Waals surface area contributed by atoms with Gasteiger partial charge in [0.1, 0.15) is 12.4 Å². The van der Waals surface area contributed by atoms with Gasteiger partial charge < -0.3 is 5.32 Å². The molecule has 0 atom stereocenters. The van der Waals surface area contributed by atoms with Crippen molar-refractivity contribution in [2.75, 3.05) is 5.32 Å². The van der Waals surface area contributed by atoms with Crippen molar-refractivity contribution in [3.05, 3.63) is 92.0 Å². The predicted molar refractivity (Wildman–Crippen MR) is 122 cm³/mol. The number of rotatable bonds is 5. The molecule has 1 N–H and O–H groups in total. The molecule has 8 nitrogen and oxygen atoms in total. The van der Waals surface area contributed by atoms with Gasteiger partial charge in [-0.2, -0.15) is 5.10 Å². The number of aromatic nitrogens is 4. The molecular formula is C24H22FN5O3. The van der Waals surface area contributed by atoms with Crippen LogP contribution in [0.5, 0.6) is 0 Å². The molecule has 2 aromatic carbocycles. The first-order chi connectivity index (χ1) is 15.9. The molecule has 9 heteroatoms. The lowest BCUT2D eigenvalue weighted by atomic mass is 10.1. The Morgan fingerprint density at radius 2 is 1.82 bits per heavy atom. The molecule has 5 rings (SSSR count). The fraction of sp³-hybridized carbons (Fsp3) is 0.250. The zero-order chi connectivity index (χ0) is 23.1. The number of amides is 1. The Balaban J connectivity index is 1.50. The van der Waals surface area contributed by atoms with Crippen molar-refractivity contribution in [1.29, 1.82) is 0 Å². The average Bonchev–Trinajstić information content (AvgIpc) is 3.41. The zero-order valence-electron chi connectivity index (χ0n) is 18.0. The van der Waals surface area contributed by atoms with E-state index in [1.54, 1.807) is 13.2 Å². The SMILES string of the molecule is Cn1cc2c(n1)c(=O)n(Cc1ccc(F)cc1)c(=O)n2CC(=O)Nc1ccc2c(c1)CCC2. The monoisotopic (exact) mass is 447 g/mol. The van der Waals surface area contributed by atoms with E-state index < -0.39 is 17.1 Å². The van der Waals surface area contributed by atoms with Gasteiger partial charge in [0.05, 0.1) is 12.1 Å². The van der Waals surface area contributed by atoms with Gasteiger partial charge in [-0.3, -0.25) is 23.4 Å². The molecule has 1 aliphatic rings. The van der Waals surface area contributed by atoms with Gasteiger partial charge in [-0.25, -0.2) is 9.18 Å². The second-order valence-electron chi connectivity index (χ2n) is 8.31. The summed E-state index contributed by atoms with van der Waals surface area (Å²) < 4.78 is 17.0. The van der Waals surface area contributed by atoms with Gasteiger partial charge in [-0.15, -0.1) is 0 Å². The summed E-state index contributed by atoms with van der Waals surface area (Å²) in [4.78, 5) is 39.1. The van der Waals surface area contributed by atoms with E-state index in [4.69, 9.17) is 0 Å². The maximum Gasteiger partial charge on any atom is 0.332 e. The summed E-state index contributed by atoms with van der Waals surface area (Å²) in [7, 11) is 1.64. The summed E-state index contributed by atoms with van der Waals surface area (Å²) in [6, 6.07) is 11.4. The predicted octanol–water partition coefficient (Wildman–Crippen LogP) is 2.21. The van der Waals surface area contributed by atoms with Gasteiger partial charge in [0, 0.05) is 18.9 Å². The highest BCUT2D eigenvalue weighted by molar-refractivity contribution is 5.91. The van der Waals surface area contributed by atoms with Crippen molar-refractivity contribution in [2.24, 2.45) is 7.05 Å². The van der Waals surface area contributed by atoms with Gasteiger partial charge >= 0.3 is 5.69 Å². The molecule has 4 aromatic rings. The second kappa shape index (κ2) is 8.16. The van der Waals surface area contributed by atoms with Gasteiger partial charge in [0.25, 0.3) is 5.56 Å². The first-order valence-corrected chi connectivity index (χ1v) is 10.7. The minimum atomic E-state index is -0.631. The highest BCUT2D eigenvalue weighted by Gasteiger charge is 2.19. The summed E-state index contributed by atoms with van der Waals surface area (Å²) >= 11 is 0. The molecule has 0 aliphatic heterocycles. The largest absolute Gasteiger partial charge is 0.332 e. The second-order valence-corrected chi connectivity index (χ2v) is 8.31. The zero-order valence-corrected chi connectivity index (χ0v) is 18.0. The number of carbonyl (C=O) groups is 1. The lowest BCUT2D eigenvalue weighted by molar-refractivity contribution is -0.116. The van der Waals surface area contributed by atoms with Gasteiger partial charge in [-0.1, -0.05) is 18.2 Å². The number of halogens is 1. The van der Waals surface area contributed by atoms with E-state index >= 15 is 0 Å². The quantitative estimate of drug-likeness (QED) is 0.508. The normalized spacial score (nSPS) is 12.8. The molecule has 0 spiro atoms. The number of anilines is 1. The summed E-state index contributed by atoms with van der Waals surface area (Å²) in [6.45, 7) is -0.335. The number of nitrogens with zero attached hydrogens (tertiary/aromatic N) is 4. The van der Waals surface area contributed by atoms with Gasteiger partial charge in [0.15, 0.2) is 5.52 Å². The number of fused-ring (bicyclic) bond motifs is 2. The minimum absolute atomic E-state index is 0.0586. The highest BCUT2D eigenvalue weighted by Crippen LogP contribution is 2.24. The molecule has 0 unspecified atom stereocenters. The number of nitrogens with one attached hydrogen (secondary N) is 1. The van der Waals surface area contributed by atoms with E-state index in [0.717, 1.165) is 23.8 Å². The maximum absolute atomic E-state index is 13.3. The number of hydrogen-bond donors (Lipinski definition) is 1. The van der Waals surface area contributed by atoms with Crippen LogP contribution in [-0.4, -0.2) is 24.8 Å². The van der Waals surface area contributed by atoms with Gasteiger partial charge in [0.2, 0.25) is 5.91 Å². The lowest BCUT2D eigenvalue weighted by Gasteiger charge is -2.12. The van der Waals surface area contributed by atoms with E-state index in [1.165, 1.54) is 44.6 Å². The minimum Gasteiger partial charge on any atom is -0.325 e. The number of hydrogen-bond acceptors (Lipinski definition) is 4. The van der Waals surface area contributed by atoms with Crippen LogP contribution in [0.3, 0.4) is 0 Å². The molecule has 0 radical (unpaired) electrons. The van der Waals surface area contributed by atoms with E-state index in [0.29, 0.717) is 11.3 Å². The Morgan fingerprint density at radius 3 is 2.61 bits per heavy atom. The van der Waals surface area contributed by atoms with Crippen LogP contribution in [0.15, 0.2) is 58.3 Å². The molecule has 0 saturated heterocycles. The molecular weight excluding hydrogens is 425 g/mol. The van der Waals surface area contributed by atoms with Crippen LogP contribution in [0.1, 0.15) is 23.1 Å². The maximum atomic E-state index is 13.3. The molecule has 2 heterocycles. The van der Waals surface area contributed by atoms with E-state index in [-0.39, 0.29) is 30.0 Å². The third-order valence-electron chi connectivity index (χ3n) is 5.95. The third kappa shape index (κ3) is 3.97. The standard InChI is InChI=1S/C24H22FN5O3/c1-28-13-20-22(27-28)23(32)30(12-15-5-8-18(25)9-6-15)24(33)29(20)14-21(31)26-19-10-7-16-3-2-4-17(16)11-19/h5-11,13H,2-4,12,14H2,1H3,(H,26,31). The highest BCUT2D eigenvalue weighted by atomic mass is 19.1. The Bertz CT molecular complexity index is 1500. The molecule has 2 aromatic heterocycles. The number of benzene rings is 2. The Morgan fingerprint density at radius 1 is 1.06 bits per heavy atom. The third-order valence-corrected chi connectivity index (χ3v) is 5.95. The van der Waals surface area contributed by atoms with Crippen LogP contribution in [0.2, 0.25) is 0 Å². The number of aryl methyl sites for hydroxylation is 3. The molecule has 0 fully saturated rings. The van der Waals surface area contributed by atoms with Crippen molar-refractivity contribution in [3.8, 4) is 0 Å². The molecule has 0 saturated carbocycles. The molecule has 168 valence electrons. The lowest BCUT2D eigenvalue weighted by Crippen LogP contribution is -2.41. The summed E-state index contributed by atoms with van der Waals surface area (Å²) in [5, 5.41) is 7.05. The summed E-state index contributed by atoms with van der Waals surface area (Å²) in [5.41, 5.74) is 2.97. The van der Waals surface area contributed by atoms with E-state index in [2.05, 4.69) is 10.4 Å². The average molecular weight is 447 g/mol. The first kappa shape index (κ1) is 20.9. The Labute approximate surface area is 187 Å². The topological polar surface area (TPSA) is 90.9 Å². The van der Waals surface area contributed by atoms with Crippen LogP contribution in [0.4, 0.5) is 10.1 Å².